The predicted molar refractivity (Wildman–Crippen MR) is 92.6 cm³/mol. The van der Waals surface area contributed by atoms with Gasteiger partial charge in [-0.3, -0.25) is 14.2 Å². The fourth-order valence-electron chi connectivity index (χ4n) is 3.69. The molecule has 0 aromatic carbocycles. The summed E-state index contributed by atoms with van der Waals surface area (Å²) < 4.78 is 3.90. The molecule has 6 nitrogen and oxygen atoms in total. The highest BCUT2D eigenvalue weighted by Crippen LogP contribution is 2.22. The van der Waals surface area contributed by atoms with Gasteiger partial charge in [0.2, 0.25) is 5.91 Å². The molecule has 130 valence electrons. The monoisotopic (exact) mass is 329 g/mol. The number of carbonyl (C=O) groups is 1. The van der Waals surface area contributed by atoms with E-state index in [9.17, 15) is 4.79 Å². The van der Waals surface area contributed by atoms with Crippen molar-refractivity contribution in [3.8, 4) is 0 Å². The van der Waals surface area contributed by atoms with Crippen LogP contribution < -0.4 is 0 Å². The van der Waals surface area contributed by atoms with Gasteiger partial charge >= 0.3 is 0 Å². The van der Waals surface area contributed by atoms with Crippen molar-refractivity contribution in [2.45, 2.75) is 65.1 Å². The zero-order valence-electron chi connectivity index (χ0n) is 14.9. The summed E-state index contributed by atoms with van der Waals surface area (Å²) in [6.07, 6.45) is 7.59. The Morgan fingerprint density at radius 1 is 1.38 bits per heavy atom. The summed E-state index contributed by atoms with van der Waals surface area (Å²) in [7, 11) is 0. The molecule has 2 aromatic rings. The van der Waals surface area contributed by atoms with Crippen LogP contribution in [-0.2, 0) is 11.3 Å². The second-order valence-corrected chi connectivity index (χ2v) is 6.89. The van der Waals surface area contributed by atoms with E-state index in [1.165, 1.54) is 6.42 Å². The van der Waals surface area contributed by atoms with Crippen molar-refractivity contribution < 1.29 is 4.79 Å². The molecule has 24 heavy (non-hydrogen) atoms. The van der Waals surface area contributed by atoms with Crippen LogP contribution in [0.5, 0.6) is 0 Å². The molecule has 1 aliphatic rings. The highest BCUT2D eigenvalue weighted by Gasteiger charge is 2.28. The Bertz CT molecular complexity index is 676. The summed E-state index contributed by atoms with van der Waals surface area (Å²) in [6, 6.07) is 4.32. The zero-order valence-corrected chi connectivity index (χ0v) is 14.9. The Labute approximate surface area is 143 Å². The minimum Gasteiger partial charge on any atom is -0.338 e. The third kappa shape index (κ3) is 3.68. The van der Waals surface area contributed by atoms with E-state index in [4.69, 9.17) is 0 Å². The van der Waals surface area contributed by atoms with Crippen LogP contribution in [0.4, 0.5) is 0 Å². The van der Waals surface area contributed by atoms with Crippen molar-refractivity contribution in [1.29, 1.82) is 0 Å². The summed E-state index contributed by atoms with van der Waals surface area (Å²) in [4.78, 5) is 15.0. The number of nitrogens with zero attached hydrogens (tertiary/aromatic N) is 5. The van der Waals surface area contributed by atoms with Crippen molar-refractivity contribution in [3.63, 3.8) is 0 Å². The van der Waals surface area contributed by atoms with Crippen molar-refractivity contribution in [3.05, 3.63) is 35.9 Å². The average Bonchev–Trinajstić information content (AvgIpc) is 3.17. The minimum absolute atomic E-state index is 0.0819. The third-order valence-electron chi connectivity index (χ3n) is 4.84. The molecule has 6 heteroatoms. The minimum atomic E-state index is 0.0819. The first-order chi connectivity index (χ1) is 11.5. The SMILES string of the molecule is Cc1cc(C)n([C@@H](C)CC(=O)N2CCCC[C@H]2Cn2cccn2)n1. The molecule has 2 atom stereocenters. The Morgan fingerprint density at radius 3 is 2.88 bits per heavy atom. The largest absolute Gasteiger partial charge is 0.338 e. The molecule has 1 saturated heterocycles. The van der Waals surface area contributed by atoms with Crippen LogP contribution in [0.2, 0.25) is 0 Å². The molecule has 1 fully saturated rings. The van der Waals surface area contributed by atoms with Crippen LogP contribution in [0, 0.1) is 13.8 Å². The standard InChI is InChI=1S/C18H27N5O/c1-14-11-15(2)23(20-14)16(3)12-18(24)22-10-5-4-7-17(22)13-21-9-6-8-19-21/h6,8-9,11,16-17H,4-5,7,10,12-13H2,1-3H3/t16-,17-/m0/s1. The number of carbonyl (C=O) groups excluding carboxylic acids is 1. The molecule has 0 N–H and O–H groups in total. The number of aryl methyl sites for hydroxylation is 2. The van der Waals surface area contributed by atoms with Crippen LogP contribution in [0.1, 0.15) is 50.0 Å². The fraction of sp³-hybridized carbons (Fsp3) is 0.611. The van der Waals surface area contributed by atoms with Gasteiger partial charge in [0.15, 0.2) is 0 Å². The number of amides is 1. The quantitative estimate of drug-likeness (QED) is 0.847. The lowest BCUT2D eigenvalue weighted by Gasteiger charge is -2.36. The van der Waals surface area contributed by atoms with Crippen molar-refractivity contribution >= 4 is 5.91 Å². The maximum atomic E-state index is 12.9. The van der Waals surface area contributed by atoms with Crippen molar-refractivity contribution in [2.75, 3.05) is 6.54 Å². The molecule has 0 aliphatic carbocycles. The topological polar surface area (TPSA) is 56.0 Å². The molecular weight excluding hydrogens is 302 g/mol. The second kappa shape index (κ2) is 7.20. The van der Waals surface area contributed by atoms with Gasteiger partial charge in [-0.05, 0) is 52.2 Å². The molecule has 2 aromatic heterocycles. The molecular formula is C18H27N5O. The Hall–Kier alpha value is -2.11. The second-order valence-electron chi connectivity index (χ2n) is 6.89. The number of aromatic nitrogens is 4. The molecule has 0 unspecified atom stereocenters. The van der Waals surface area contributed by atoms with Crippen LogP contribution in [0.25, 0.3) is 0 Å². The summed E-state index contributed by atoms with van der Waals surface area (Å²) in [5, 5.41) is 8.81. The summed E-state index contributed by atoms with van der Waals surface area (Å²) in [5.74, 6) is 0.229. The van der Waals surface area contributed by atoms with Crippen molar-refractivity contribution in [1.82, 2.24) is 24.5 Å². The molecule has 3 rings (SSSR count). The first-order valence-corrected chi connectivity index (χ1v) is 8.84. The fourth-order valence-corrected chi connectivity index (χ4v) is 3.69. The molecule has 0 radical (unpaired) electrons. The van der Waals surface area contributed by atoms with Crippen LogP contribution >= 0.6 is 0 Å². The van der Waals surface area contributed by atoms with E-state index in [2.05, 4.69) is 28.1 Å². The lowest BCUT2D eigenvalue weighted by Crippen LogP contribution is -2.46. The predicted octanol–water partition coefficient (Wildman–Crippen LogP) is 2.73. The van der Waals surface area contributed by atoms with Gasteiger partial charge < -0.3 is 4.90 Å². The molecule has 1 aliphatic heterocycles. The number of hydrogen-bond donors (Lipinski definition) is 0. The summed E-state index contributed by atoms with van der Waals surface area (Å²) in [6.45, 7) is 7.75. The first-order valence-electron chi connectivity index (χ1n) is 8.84. The van der Waals surface area contributed by atoms with E-state index in [0.29, 0.717) is 6.42 Å². The van der Waals surface area contributed by atoms with E-state index < -0.39 is 0 Å². The molecule has 0 spiro atoms. The normalized spacial score (nSPS) is 19.5. The van der Waals surface area contributed by atoms with E-state index in [1.807, 2.05) is 35.5 Å². The van der Waals surface area contributed by atoms with E-state index in [1.54, 1.807) is 6.20 Å². The first kappa shape index (κ1) is 16.7. The van der Waals surface area contributed by atoms with Gasteiger partial charge in [0.1, 0.15) is 0 Å². The number of likely N-dealkylation sites (tertiary alicyclic amines) is 1. The Balaban J connectivity index is 1.66. The average molecular weight is 329 g/mol. The molecule has 0 bridgehead atoms. The van der Waals surface area contributed by atoms with Crippen LogP contribution in [0.15, 0.2) is 24.5 Å². The van der Waals surface area contributed by atoms with Gasteiger partial charge in [-0.2, -0.15) is 10.2 Å². The van der Waals surface area contributed by atoms with Gasteiger partial charge in [-0.15, -0.1) is 0 Å². The Kier molecular flexibility index (Phi) is 5.02. The van der Waals surface area contributed by atoms with Crippen molar-refractivity contribution in [2.24, 2.45) is 0 Å². The molecule has 1 amide bonds. The van der Waals surface area contributed by atoms with E-state index in [0.717, 1.165) is 37.3 Å². The maximum absolute atomic E-state index is 12.9. The highest BCUT2D eigenvalue weighted by molar-refractivity contribution is 5.77. The molecule has 0 saturated carbocycles. The lowest BCUT2D eigenvalue weighted by atomic mass is 10.0. The van der Waals surface area contributed by atoms with Gasteiger partial charge in [0.05, 0.1) is 24.3 Å². The van der Waals surface area contributed by atoms with Crippen LogP contribution in [0.3, 0.4) is 0 Å². The van der Waals surface area contributed by atoms with Gasteiger partial charge in [-0.1, -0.05) is 0 Å². The highest BCUT2D eigenvalue weighted by atomic mass is 16.2. The van der Waals surface area contributed by atoms with Gasteiger partial charge in [-0.25, -0.2) is 0 Å². The molecule has 3 heterocycles. The third-order valence-corrected chi connectivity index (χ3v) is 4.84. The maximum Gasteiger partial charge on any atom is 0.225 e. The number of rotatable bonds is 5. The lowest BCUT2D eigenvalue weighted by molar-refractivity contribution is -0.136. The zero-order chi connectivity index (χ0) is 17.1. The van der Waals surface area contributed by atoms with Crippen LogP contribution in [-0.4, -0.2) is 43.0 Å². The smallest absolute Gasteiger partial charge is 0.225 e. The number of hydrogen-bond acceptors (Lipinski definition) is 3. The van der Waals surface area contributed by atoms with Gasteiger partial charge in [0, 0.05) is 31.1 Å². The van der Waals surface area contributed by atoms with E-state index in [-0.39, 0.29) is 18.0 Å². The number of piperidine rings is 1. The summed E-state index contributed by atoms with van der Waals surface area (Å²) in [5.41, 5.74) is 2.11. The Morgan fingerprint density at radius 2 is 2.21 bits per heavy atom. The van der Waals surface area contributed by atoms with Gasteiger partial charge in [0.25, 0.3) is 0 Å². The summed E-state index contributed by atoms with van der Waals surface area (Å²) >= 11 is 0. The van der Waals surface area contributed by atoms with E-state index >= 15 is 0 Å².